The topological polar surface area (TPSA) is 59.0 Å². The van der Waals surface area contributed by atoms with Crippen molar-refractivity contribution >= 4 is 40.4 Å². The normalized spacial score (nSPS) is 19.0. The molecule has 1 unspecified atom stereocenters. The second-order valence-electron chi connectivity index (χ2n) is 6.77. The van der Waals surface area contributed by atoms with Gasteiger partial charge in [0.05, 0.1) is 17.3 Å². The minimum absolute atomic E-state index is 0.0617. The zero-order chi connectivity index (χ0) is 20.4. The Morgan fingerprint density at radius 1 is 1.24 bits per heavy atom. The Morgan fingerprint density at radius 2 is 2.03 bits per heavy atom. The fourth-order valence-corrected chi connectivity index (χ4v) is 4.66. The fraction of sp³-hybridized carbons (Fsp3) is 0.227. The van der Waals surface area contributed by atoms with Gasteiger partial charge in [-0.3, -0.25) is 9.69 Å². The molecule has 5 nitrogen and oxygen atoms in total. The quantitative estimate of drug-likeness (QED) is 0.663. The molecule has 148 valence electrons. The standard InChI is InChI=1S/C22H19ClN2O3S/c1-14-19(21(27)28-13-15-6-3-2-4-7-15)20(16-8-5-9-17(23)12-16)25-18(26)10-11-29-22(25)24-14/h2-9,12,20H,10-11,13H2,1H3. The zero-order valence-electron chi connectivity index (χ0n) is 15.8. The van der Waals surface area contributed by atoms with Crippen molar-refractivity contribution in [2.75, 3.05) is 5.75 Å². The van der Waals surface area contributed by atoms with E-state index < -0.39 is 12.0 Å². The lowest BCUT2D eigenvalue weighted by atomic mass is 9.94. The third kappa shape index (κ3) is 4.09. The highest BCUT2D eigenvalue weighted by Gasteiger charge is 2.41. The number of allylic oxidation sites excluding steroid dienone is 1. The predicted octanol–water partition coefficient (Wildman–Crippen LogP) is 4.73. The van der Waals surface area contributed by atoms with Gasteiger partial charge in [0.1, 0.15) is 6.61 Å². The minimum Gasteiger partial charge on any atom is -0.457 e. The van der Waals surface area contributed by atoms with Crippen molar-refractivity contribution in [1.82, 2.24) is 4.90 Å². The number of fused-ring (bicyclic) bond motifs is 1. The molecule has 2 aromatic rings. The number of halogens is 1. The number of carbonyl (C=O) groups excluding carboxylic acids is 2. The van der Waals surface area contributed by atoms with Gasteiger partial charge in [0.25, 0.3) is 0 Å². The van der Waals surface area contributed by atoms with Crippen molar-refractivity contribution in [2.45, 2.75) is 26.0 Å². The zero-order valence-corrected chi connectivity index (χ0v) is 17.4. The van der Waals surface area contributed by atoms with Crippen LogP contribution in [-0.2, 0) is 20.9 Å². The summed E-state index contributed by atoms with van der Waals surface area (Å²) in [6.45, 7) is 1.93. The van der Waals surface area contributed by atoms with E-state index in [1.807, 2.05) is 42.5 Å². The Bertz CT molecular complexity index is 1020. The highest BCUT2D eigenvalue weighted by atomic mass is 35.5. The number of amidine groups is 1. The number of rotatable bonds is 4. The number of aliphatic imine (C=N–C) groups is 1. The van der Waals surface area contributed by atoms with Crippen LogP contribution in [0.2, 0.25) is 5.02 Å². The van der Waals surface area contributed by atoms with E-state index in [1.54, 1.807) is 24.0 Å². The first-order valence-electron chi connectivity index (χ1n) is 9.25. The molecule has 0 aromatic heterocycles. The van der Waals surface area contributed by atoms with Crippen LogP contribution in [0, 0.1) is 0 Å². The number of esters is 1. The molecule has 2 aromatic carbocycles. The van der Waals surface area contributed by atoms with Gasteiger partial charge in [0.15, 0.2) is 5.17 Å². The Kier molecular flexibility index (Phi) is 5.74. The van der Waals surface area contributed by atoms with E-state index in [4.69, 9.17) is 16.3 Å². The third-order valence-electron chi connectivity index (χ3n) is 4.80. The molecule has 29 heavy (non-hydrogen) atoms. The van der Waals surface area contributed by atoms with Crippen LogP contribution in [0.4, 0.5) is 0 Å². The van der Waals surface area contributed by atoms with E-state index >= 15 is 0 Å². The first kappa shape index (κ1) is 19.7. The molecule has 2 aliphatic rings. The SMILES string of the molecule is CC1=C(C(=O)OCc2ccccc2)C(c2cccc(Cl)c2)N2C(=O)CCSC2=N1. The second kappa shape index (κ2) is 8.43. The Labute approximate surface area is 178 Å². The molecule has 0 radical (unpaired) electrons. The molecular formula is C22H19ClN2O3S. The number of amides is 1. The van der Waals surface area contributed by atoms with E-state index in [0.29, 0.717) is 33.6 Å². The molecular weight excluding hydrogens is 408 g/mol. The molecule has 0 saturated carbocycles. The summed E-state index contributed by atoms with van der Waals surface area (Å²) in [7, 11) is 0. The van der Waals surface area contributed by atoms with Crippen LogP contribution < -0.4 is 0 Å². The molecule has 1 amide bonds. The van der Waals surface area contributed by atoms with Crippen molar-refractivity contribution in [3.05, 3.63) is 82.0 Å². The summed E-state index contributed by atoms with van der Waals surface area (Å²) in [6.07, 6.45) is 0.395. The van der Waals surface area contributed by atoms with Crippen molar-refractivity contribution in [1.29, 1.82) is 0 Å². The monoisotopic (exact) mass is 426 g/mol. The molecule has 2 aliphatic heterocycles. The summed E-state index contributed by atoms with van der Waals surface area (Å²) < 4.78 is 5.59. The van der Waals surface area contributed by atoms with Gasteiger partial charge in [-0.25, -0.2) is 9.79 Å². The minimum atomic E-state index is -0.607. The van der Waals surface area contributed by atoms with Crippen molar-refractivity contribution in [2.24, 2.45) is 4.99 Å². The predicted molar refractivity (Wildman–Crippen MR) is 114 cm³/mol. The average molecular weight is 427 g/mol. The molecule has 7 heteroatoms. The summed E-state index contributed by atoms with van der Waals surface area (Å²) >= 11 is 7.73. The number of ether oxygens (including phenoxy) is 1. The second-order valence-corrected chi connectivity index (χ2v) is 8.27. The smallest absolute Gasteiger partial charge is 0.338 e. The van der Waals surface area contributed by atoms with Crippen LogP contribution in [0.15, 0.2) is 70.9 Å². The van der Waals surface area contributed by atoms with E-state index in [1.165, 1.54) is 11.8 Å². The van der Waals surface area contributed by atoms with Gasteiger partial charge in [-0.2, -0.15) is 0 Å². The highest BCUT2D eigenvalue weighted by Crippen LogP contribution is 2.40. The van der Waals surface area contributed by atoms with E-state index in [0.717, 1.165) is 11.1 Å². The first-order valence-corrected chi connectivity index (χ1v) is 10.6. The van der Waals surface area contributed by atoms with Crippen LogP contribution in [0.1, 0.15) is 30.5 Å². The number of carbonyl (C=O) groups is 2. The summed E-state index contributed by atoms with van der Waals surface area (Å²) in [5.41, 5.74) is 2.57. The largest absolute Gasteiger partial charge is 0.457 e. The Morgan fingerprint density at radius 3 is 2.79 bits per heavy atom. The van der Waals surface area contributed by atoms with Gasteiger partial charge in [-0.15, -0.1) is 0 Å². The summed E-state index contributed by atoms with van der Waals surface area (Å²) in [4.78, 5) is 32.0. The lowest BCUT2D eigenvalue weighted by Gasteiger charge is -2.39. The van der Waals surface area contributed by atoms with Crippen LogP contribution in [0.25, 0.3) is 0 Å². The average Bonchev–Trinajstić information content (AvgIpc) is 2.72. The number of hydrogen-bond donors (Lipinski definition) is 0. The van der Waals surface area contributed by atoms with E-state index in [-0.39, 0.29) is 12.5 Å². The molecule has 0 bridgehead atoms. The molecule has 1 saturated heterocycles. The van der Waals surface area contributed by atoms with Crippen LogP contribution in [-0.4, -0.2) is 27.7 Å². The molecule has 4 rings (SSSR count). The van der Waals surface area contributed by atoms with Gasteiger partial charge < -0.3 is 4.74 Å². The van der Waals surface area contributed by atoms with Crippen LogP contribution >= 0.6 is 23.4 Å². The molecule has 0 spiro atoms. The number of nitrogens with zero attached hydrogens (tertiary/aromatic N) is 2. The molecule has 0 N–H and O–H groups in total. The van der Waals surface area contributed by atoms with Gasteiger partial charge in [-0.05, 0) is 30.2 Å². The lowest BCUT2D eigenvalue weighted by molar-refractivity contribution is -0.141. The Hall–Kier alpha value is -2.57. The number of hydrogen-bond acceptors (Lipinski definition) is 5. The lowest BCUT2D eigenvalue weighted by Crippen LogP contribution is -2.45. The highest BCUT2D eigenvalue weighted by molar-refractivity contribution is 8.14. The van der Waals surface area contributed by atoms with Crippen molar-refractivity contribution in [3.63, 3.8) is 0 Å². The Balaban J connectivity index is 1.72. The van der Waals surface area contributed by atoms with Gasteiger partial charge >= 0.3 is 5.97 Å². The van der Waals surface area contributed by atoms with Crippen LogP contribution in [0.5, 0.6) is 0 Å². The third-order valence-corrected chi connectivity index (χ3v) is 5.99. The maximum atomic E-state index is 13.1. The van der Waals surface area contributed by atoms with Gasteiger partial charge in [0, 0.05) is 17.2 Å². The maximum absolute atomic E-state index is 13.1. The number of thioether (sulfide) groups is 1. The van der Waals surface area contributed by atoms with Gasteiger partial charge in [-0.1, -0.05) is 65.8 Å². The summed E-state index contributed by atoms with van der Waals surface area (Å²) in [5, 5.41) is 1.15. The summed E-state index contributed by atoms with van der Waals surface area (Å²) in [5.74, 6) is 0.133. The molecule has 1 fully saturated rings. The van der Waals surface area contributed by atoms with Crippen LogP contribution in [0.3, 0.4) is 0 Å². The van der Waals surface area contributed by atoms with Crippen molar-refractivity contribution < 1.29 is 14.3 Å². The summed E-state index contributed by atoms with van der Waals surface area (Å²) in [6, 6.07) is 16.1. The molecule has 0 aliphatic carbocycles. The van der Waals surface area contributed by atoms with Crippen molar-refractivity contribution in [3.8, 4) is 0 Å². The van der Waals surface area contributed by atoms with E-state index in [2.05, 4.69) is 4.99 Å². The molecule has 1 atom stereocenters. The first-order chi connectivity index (χ1) is 14.0. The fourth-order valence-electron chi connectivity index (χ4n) is 3.45. The van der Waals surface area contributed by atoms with E-state index in [9.17, 15) is 9.59 Å². The number of benzene rings is 2. The molecule has 2 heterocycles. The van der Waals surface area contributed by atoms with Gasteiger partial charge in [0.2, 0.25) is 5.91 Å². The maximum Gasteiger partial charge on any atom is 0.338 e.